The molecule has 0 bridgehead atoms. The maximum Gasteiger partial charge on any atom is 0.243 e. The minimum atomic E-state index is 0.179. The monoisotopic (exact) mass is 351 g/mol. The van der Waals surface area contributed by atoms with Crippen LogP contribution in [-0.4, -0.2) is 16.5 Å². The second-order valence-corrected chi connectivity index (χ2v) is 5.30. The topological polar surface area (TPSA) is 47.0 Å². The van der Waals surface area contributed by atoms with Crippen molar-refractivity contribution in [1.82, 2.24) is 9.97 Å². The van der Waals surface area contributed by atoms with Gasteiger partial charge in [-0.05, 0) is 13.0 Å². The van der Waals surface area contributed by atoms with Crippen LogP contribution in [0.15, 0.2) is 18.3 Å². The molecule has 0 aliphatic heterocycles. The maximum absolute atomic E-state index is 6.03. The van der Waals surface area contributed by atoms with Crippen LogP contribution in [0.2, 0.25) is 20.1 Å². The molecular formula is C12H9Cl4N3O. The third-order valence-corrected chi connectivity index (χ3v) is 3.51. The lowest BCUT2D eigenvalue weighted by Crippen LogP contribution is -2.03. The molecule has 0 spiro atoms. The lowest BCUT2D eigenvalue weighted by molar-refractivity contribution is 0.463. The summed E-state index contributed by atoms with van der Waals surface area (Å²) >= 11 is 23.8. The molecule has 4 nitrogen and oxygen atoms in total. The molecule has 0 fully saturated rings. The van der Waals surface area contributed by atoms with Gasteiger partial charge in [0.05, 0.1) is 21.3 Å². The summed E-state index contributed by atoms with van der Waals surface area (Å²) in [5.41, 5.74) is 0. The van der Waals surface area contributed by atoms with E-state index < -0.39 is 0 Å². The zero-order valence-corrected chi connectivity index (χ0v) is 13.3. The van der Waals surface area contributed by atoms with Crippen molar-refractivity contribution in [3.63, 3.8) is 0 Å². The van der Waals surface area contributed by atoms with Crippen molar-refractivity contribution in [1.29, 1.82) is 0 Å². The molecule has 106 valence electrons. The van der Waals surface area contributed by atoms with Gasteiger partial charge in [-0.2, -0.15) is 4.98 Å². The van der Waals surface area contributed by atoms with Gasteiger partial charge in [-0.25, -0.2) is 4.98 Å². The number of nitrogens with zero attached hydrogens (tertiary/aromatic N) is 2. The summed E-state index contributed by atoms with van der Waals surface area (Å²) in [6.45, 7) is 2.60. The van der Waals surface area contributed by atoms with Crippen LogP contribution < -0.4 is 10.1 Å². The lowest BCUT2D eigenvalue weighted by Gasteiger charge is -2.10. The lowest BCUT2D eigenvalue weighted by atomic mass is 10.3. The number of nitrogens with one attached hydrogen (secondary N) is 1. The van der Waals surface area contributed by atoms with E-state index in [2.05, 4.69) is 15.3 Å². The Kier molecular flexibility index (Phi) is 5.16. The van der Waals surface area contributed by atoms with Crippen molar-refractivity contribution in [3.05, 3.63) is 38.4 Å². The van der Waals surface area contributed by atoms with Gasteiger partial charge in [-0.3, -0.25) is 0 Å². The Labute approximate surface area is 136 Å². The van der Waals surface area contributed by atoms with Gasteiger partial charge in [0.2, 0.25) is 11.8 Å². The van der Waals surface area contributed by atoms with Crippen molar-refractivity contribution >= 4 is 52.4 Å². The fourth-order valence-corrected chi connectivity index (χ4v) is 2.06. The maximum atomic E-state index is 6.03. The molecule has 0 unspecified atom stereocenters. The van der Waals surface area contributed by atoms with Crippen LogP contribution >= 0.6 is 46.4 Å². The summed E-state index contributed by atoms with van der Waals surface area (Å²) in [5, 5.41) is 4.18. The molecule has 1 aromatic heterocycles. The summed E-state index contributed by atoms with van der Waals surface area (Å²) in [5.74, 6) is 0.894. The summed E-state index contributed by atoms with van der Waals surface area (Å²) in [6.07, 6.45) is 1.44. The molecule has 0 atom stereocenters. The highest BCUT2D eigenvalue weighted by Crippen LogP contribution is 2.37. The van der Waals surface area contributed by atoms with Gasteiger partial charge in [0.1, 0.15) is 10.8 Å². The van der Waals surface area contributed by atoms with E-state index in [1.807, 2.05) is 6.92 Å². The van der Waals surface area contributed by atoms with E-state index in [1.165, 1.54) is 18.3 Å². The zero-order chi connectivity index (χ0) is 14.7. The van der Waals surface area contributed by atoms with E-state index in [1.54, 1.807) is 0 Å². The minimum Gasteiger partial charge on any atom is -0.436 e. The first-order valence-electron chi connectivity index (χ1n) is 5.60. The van der Waals surface area contributed by atoms with E-state index in [0.29, 0.717) is 33.3 Å². The van der Waals surface area contributed by atoms with Crippen molar-refractivity contribution in [2.75, 3.05) is 11.9 Å². The molecule has 20 heavy (non-hydrogen) atoms. The van der Waals surface area contributed by atoms with Gasteiger partial charge < -0.3 is 10.1 Å². The number of halogens is 4. The molecular weight excluding hydrogens is 344 g/mol. The normalized spacial score (nSPS) is 10.4. The van der Waals surface area contributed by atoms with Gasteiger partial charge in [0, 0.05) is 12.6 Å². The van der Waals surface area contributed by atoms with Gasteiger partial charge in [-0.1, -0.05) is 46.4 Å². The second-order valence-electron chi connectivity index (χ2n) is 3.68. The number of ether oxygens (including phenoxy) is 1. The fourth-order valence-electron chi connectivity index (χ4n) is 1.35. The number of aromatic nitrogens is 2. The molecule has 2 rings (SSSR count). The van der Waals surface area contributed by atoms with Gasteiger partial charge in [0.15, 0.2) is 0 Å². The van der Waals surface area contributed by atoms with Gasteiger partial charge in [-0.15, -0.1) is 0 Å². The largest absolute Gasteiger partial charge is 0.436 e. The van der Waals surface area contributed by atoms with Crippen LogP contribution in [0.5, 0.6) is 11.6 Å². The third-order valence-electron chi connectivity index (χ3n) is 2.23. The van der Waals surface area contributed by atoms with Crippen LogP contribution in [0.25, 0.3) is 0 Å². The first-order chi connectivity index (χ1) is 9.51. The van der Waals surface area contributed by atoms with E-state index >= 15 is 0 Å². The van der Waals surface area contributed by atoms with Crippen LogP contribution in [0, 0.1) is 0 Å². The highest BCUT2D eigenvalue weighted by Gasteiger charge is 2.12. The summed E-state index contributed by atoms with van der Waals surface area (Å²) in [7, 11) is 0. The standard InChI is InChI=1S/C12H9Cl4N3O/c1-2-17-12-18-5-9(16)11(19-12)20-10-4-7(14)6(13)3-8(10)15/h3-5H,2H2,1H3,(H,17,18,19). The highest BCUT2D eigenvalue weighted by atomic mass is 35.5. The van der Waals surface area contributed by atoms with Crippen molar-refractivity contribution in [2.45, 2.75) is 6.92 Å². The highest BCUT2D eigenvalue weighted by molar-refractivity contribution is 6.43. The Morgan fingerprint density at radius 1 is 1.05 bits per heavy atom. The average molecular weight is 353 g/mol. The molecule has 1 N–H and O–H groups in total. The molecule has 0 amide bonds. The molecule has 0 saturated carbocycles. The number of hydrogen-bond donors (Lipinski definition) is 1. The Balaban J connectivity index is 2.34. The molecule has 0 aliphatic rings. The summed E-state index contributed by atoms with van der Waals surface area (Å²) in [6, 6.07) is 2.98. The number of rotatable bonds is 4. The van der Waals surface area contributed by atoms with E-state index in [-0.39, 0.29) is 10.9 Å². The van der Waals surface area contributed by atoms with E-state index in [9.17, 15) is 0 Å². The fraction of sp³-hybridized carbons (Fsp3) is 0.167. The Morgan fingerprint density at radius 3 is 2.45 bits per heavy atom. The van der Waals surface area contributed by atoms with Crippen molar-refractivity contribution in [2.24, 2.45) is 0 Å². The summed E-state index contributed by atoms with van der Waals surface area (Å²) < 4.78 is 5.56. The smallest absolute Gasteiger partial charge is 0.243 e. The molecule has 0 aliphatic carbocycles. The molecule has 2 aromatic rings. The number of hydrogen-bond acceptors (Lipinski definition) is 4. The molecule has 0 saturated heterocycles. The molecule has 1 aromatic carbocycles. The van der Waals surface area contributed by atoms with Crippen LogP contribution in [0.3, 0.4) is 0 Å². The second kappa shape index (κ2) is 6.68. The SMILES string of the molecule is CCNc1ncc(Cl)c(Oc2cc(Cl)c(Cl)cc2Cl)n1. The number of benzene rings is 1. The first kappa shape index (κ1) is 15.4. The summed E-state index contributed by atoms with van der Waals surface area (Å²) in [4.78, 5) is 8.15. The zero-order valence-electron chi connectivity index (χ0n) is 10.3. The van der Waals surface area contributed by atoms with Crippen molar-refractivity contribution < 1.29 is 4.74 Å². The van der Waals surface area contributed by atoms with Crippen LogP contribution in [-0.2, 0) is 0 Å². The quantitative estimate of drug-likeness (QED) is 0.757. The average Bonchev–Trinajstić information content (AvgIpc) is 2.40. The number of anilines is 1. The molecule has 1 heterocycles. The van der Waals surface area contributed by atoms with Crippen LogP contribution in [0.1, 0.15) is 6.92 Å². The Hall–Kier alpha value is -0.940. The third kappa shape index (κ3) is 3.58. The first-order valence-corrected chi connectivity index (χ1v) is 7.11. The minimum absolute atomic E-state index is 0.179. The molecule has 0 radical (unpaired) electrons. The Morgan fingerprint density at radius 2 is 1.75 bits per heavy atom. The van der Waals surface area contributed by atoms with Gasteiger partial charge in [0.25, 0.3) is 0 Å². The Bertz CT molecular complexity index is 636. The van der Waals surface area contributed by atoms with E-state index in [0.717, 1.165) is 0 Å². The van der Waals surface area contributed by atoms with Crippen molar-refractivity contribution in [3.8, 4) is 11.6 Å². The van der Waals surface area contributed by atoms with E-state index in [4.69, 9.17) is 51.1 Å². The predicted octanol–water partition coefficient (Wildman–Crippen LogP) is 5.31. The van der Waals surface area contributed by atoms with Gasteiger partial charge >= 0.3 is 0 Å². The molecule has 8 heteroatoms. The van der Waals surface area contributed by atoms with Crippen LogP contribution in [0.4, 0.5) is 5.95 Å². The predicted molar refractivity (Wildman–Crippen MR) is 82.8 cm³/mol.